The molecule has 0 saturated carbocycles. The van der Waals surface area contributed by atoms with Crippen molar-refractivity contribution in [2.24, 2.45) is 0 Å². The third-order valence-corrected chi connectivity index (χ3v) is 3.72. The average molecular weight is 349 g/mol. The Hall–Kier alpha value is -2.24. The summed E-state index contributed by atoms with van der Waals surface area (Å²) in [5.41, 5.74) is 1.98. The van der Waals surface area contributed by atoms with Crippen LogP contribution in [0.4, 0.5) is 0 Å². The molecule has 0 bridgehead atoms. The number of halogens is 1. The summed E-state index contributed by atoms with van der Waals surface area (Å²) >= 11 is 0. The SMILES string of the molecule is Cl.O=C(NCC1=CCNCC1)c1occc1COc1ccccc1. The van der Waals surface area contributed by atoms with Crippen LogP contribution in [0.3, 0.4) is 0 Å². The van der Waals surface area contributed by atoms with Crippen LogP contribution in [-0.2, 0) is 6.61 Å². The van der Waals surface area contributed by atoms with Gasteiger partial charge in [-0.2, -0.15) is 0 Å². The van der Waals surface area contributed by atoms with Crippen LogP contribution in [0.2, 0.25) is 0 Å². The molecular weight excluding hydrogens is 328 g/mol. The van der Waals surface area contributed by atoms with Gasteiger partial charge >= 0.3 is 0 Å². The highest BCUT2D eigenvalue weighted by Crippen LogP contribution is 2.16. The van der Waals surface area contributed by atoms with E-state index in [2.05, 4.69) is 16.7 Å². The van der Waals surface area contributed by atoms with Gasteiger partial charge in [-0.25, -0.2) is 0 Å². The lowest BCUT2D eigenvalue weighted by atomic mass is 10.1. The molecule has 0 spiro atoms. The van der Waals surface area contributed by atoms with Crippen molar-refractivity contribution in [3.63, 3.8) is 0 Å². The molecule has 2 aromatic rings. The lowest BCUT2D eigenvalue weighted by molar-refractivity contribution is 0.0925. The van der Waals surface area contributed by atoms with Gasteiger partial charge in [0.05, 0.1) is 6.26 Å². The van der Waals surface area contributed by atoms with E-state index in [1.807, 2.05) is 30.3 Å². The summed E-state index contributed by atoms with van der Waals surface area (Å²) in [5.74, 6) is 0.872. The minimum Gasteiger partial charge on any atom is -0.489 e. The van der Waals surface area contributed by atoms with Gasteiger partial charge in [0.15, 0.2) is 5.76 Å². The highest BCUT2D eigenvalue weighted by atomic mass is 35.5. The summed E-state index contributed by atoms with van der Waals surface area (Å²) in [4.78, 5) is 12.3. The molecule has 1 amide bonds. The molecule has 6 heteroatoms. The van der Waals surface area contributed by atoms with Gasteiger partial charge in [0.2, 0.25) is 0 Å². The van der Waals surface area contributed by atoms with Crippen LogP contribution in [-0.4, -0.2) is 25.5 Å². The monoisotopic (exact) mass is 348 g/mol. The second-order valence-corrected chi connectivity index (χ2v) is 5.38. The molecule has 1 aromatic heterocycles. The number of ether oxygens (including phenoxy) is 1. The first-order valence-corrected chi connectivity index (χ1v) is 7.74. The molecule has 128 valence electrons. The molecule has 1 aliphatic rings. The number of amides is 1. The number of benzene rings is 1. The zero-order valence-corrected chi connectivity index (χ0v) is 14.1. The first-order chi connectivity index (χ1) is 11.3. The highest BCUT2D eigenvalue weighted by molar-refractivity contribution is 5.93. The Labute approximate surface area is 147 Å². The van der Waals surface area contributed by atoms with Gasteiger partial charge in [0.25, 0.3) is 5.91 Å². The molecule has 2 N–H and O–H groups in total. The van der Waals surface area contributed by atoms with E-state index >= 15 is 0 Å². The van der Waals surface area contributed by atoms with Gasteiger partial charge in [-0.3, -0.25) is 4.79 Å². The van der Waals surface area contributed by atoms with E-state index in [4.69, 9.17) is 9.15 Å². The Bertz CT molecular complexity index is 683. The van der Waals surface area contributed by atoms with E-state index in [9.17, 15) is 4.79 Å². The second kappa shape index (κ2) is 9.15. The van der Waals surface area contributed by atoms with Crippen molar-refractivity contribution in [1.82, 2.24) is 10.6 Å². The van der Waals surface area contributed by atoms with Crippen LogP contribution < -0.4 is 15.4 Å². The number of hydrogen-bond donors (Lipinski definition) is 2. The maximum Gasteiger partial charge on any atom is 0.287 e. The van der Waals surface area contributed by atoms with Crippen molar-refractivity contribution in [2.75, 3.05) is 19.6 Å². The lowest BCUT2D eigenvalue weighted by Gasteiger charge is -2.14. The molecule has 2 heterocycles. The van der Waals surface area contributed by atoms with E-state index in [1.165, 1.54) is 11.8 Å². The molecule has 1 aromatic carbocycles. The summed E-state index contributed by atoms with van der Waals surface area (Å²) in [5, 5.41) is 6.16. The van der Waals surface area contributed by atoms with E-state index in [-0.39, 0.29) is 18.3 Å². The summed E-state index contributed by atoms with van der Waals surface area (Å²) in [6, 6.07) is 11.3. The normalized spacial score (nSPS) is 13.6. The molecule has 0 saturated heterocycles. The van der Waals surface area contributed by atoms with Gasteiger partial charge in [0.1, 0.15) is 12.4 Å². The van der Waals surface area contributed by atoms with Crippen LogP contribution in [0, 0.1) is 0 Å². The number of para-hydroxylation sites is 1. The Morgan fingerprint density at radius 1 is 1.25 bits per heavy atom. The second-order valence-electron chi connectivity index (χ2n) is 5.38. The van der Waals surface area contributed by atoms with Crippen molar-refractivity contribution in [1.29, 1.82) is 0 Å². The van der Waals surface area contributed by atoms with E-state index in [1.54, 1.807) is 6.07 Å². The fourth-order valence-electron chi connectivity index (χ4n) is 2.43. The van der Waals surface area contributed by atoms with Crippen molar-refractivity contribution >= 4 is 18.3 Å². The Kier molecular flexibility index (Phi) is 6.90. The minimum absolute atomic E-state index is 0. The van der Waals surface area contributed by atoms with Crippen molar-refractivity contribution in [2.45, 2.75) is 13.0 Å². The number of nitrogens with one attached hydrogen (secondary N) is 2. The van der Waals surface area contributed by atoms with Crippen LogP contribution in [0.5, 0.6) is 5.75 Å². The molecule has 0 unspecified atom stereocenters. The van der Waals surface area contributed by atoms with E-state index in [0.717, 1.165) is 30.8 Å². The quantitative estimate of drug-likeness (QED) is 0.788. The van der Waals surface area contributed by atoms with E-state index < -0.39 is 0 Å². The third kappa shape index (κ3) is 4.88. The van der Waals surface area contributed by atoms with Crippen LogP contribution >= 0.6 is 12.4 Å². The number of furan rings is 1. The average Bonchev–Trinajstić information content (AvgIpc) is 3.08. The fraction of sp³-hybridized carbons (Fsp3) is 0.278. The summed E-state index contributed by atoms with van der Waals surface area (Å²) in [6.45, 7) is 2.68. The molecule has 3 rings (SSSR count). The fourth-order valence-corrected chi connectivity index (χ4v) is 2.43. The van der Waals surface area contributed by atoms with Gasteiger partial charge < -0.3 is 19.8 Å². The standard InChI is InChI=1S/C18H20N2O3.ClH/c21-18(20-12-14-6-9-19-10-7-14)17-15(8-11-22-17)13-23-16-4-2-1-3-5-16;/h1-6,8,11,19H,7,9-10,12-13H2,(H,20,21);1H. The van der Waals surface area contributed by atoms with Gasteiger partial charge in [-0.1, -0.05) is 29.8 Å². The largest absolute Gasteiger partial charge is 0.489 e. The lowest BCUT2D eigenvalue weighted by Crippen LogP contribution is -2.30. The zero-order chi connectivity index (χ0) is 15.9. The predicted octanol–water partition coefficient (Wildman–Crippen LogP) is 2.93. The molecule has 0 atom stereocenters. The summed E-state index contributed by atoms with van der Waals surface area (Å²) < 4.78 is 11.0. The van der Waals surface area contributed by atoms with Crippen LogP contribution in [0.1, 0.15) is 22.5 Å². The number of hydrogen-bond acceptors (Lipinski definition) is 4. The van der Waals surface area contributed by atoms with Gasteiger partial charge in [-0.15, -0.1) is 12.4 Å². The summed E-state index contributed by atoms with van der Waals surface area (Å²) in [6.07, 6.45) is 4.59. The van der Waals surface area contributed by atoms with E-state index in [0.29, 0.717) is 18.9 Å². The number of carbonyl (C=O) groups is 1. The first-order valence-electron chi connectivity index (χ1n) is 7.74. The molecule has 0 aliphatic carbocycles. The zero-order valence-electron chi connectivity index (χ0n) is 13.3. The molecular formula is C18H21ClN2O3. The maximum absolute atomic E-state index is 12.3. The predicted molar refractivity (Wildman–Crippen MR) is 94.6 cm³/mol. The Morgan fingerprint density at radius 2 is 2.08 bits per heavy atom. The minimum atomic E-state index is -0.207. The third-order valence-electron chi connectivity index (χ3n) is 3.72. The molecule has 24 heavy (non-hydrogen) atoms. The molecule has 5 nitrogen and oxygen atoms in total. The highest BCUT2D eigenvalue weighted by Gasteiger charge is 2.16. The summed E-state index contributed by atoms with van der Waals surface area (Å²) in [7, 11) is 0. The van der Waals surface area contributed by atoms with Crippen LogP contribution in [0.25, 0.3) is 0 Å². The molecule has 1 aliphatic heterocycles. The van der Waals surface area contributed by atoms with Gasteiger partial charge in [-0.05, 0) is 31.2 Å². The Morgan fingerprint density at radius 3 is 2.83 bits per heavy atom. The Balaban J connectivity index is 0.00000208. The van der Waals surface area contributed by atoms with Gasteiger partial charge in [0, 0.05) is 18.7 Å². The first kappa shape index (κ1) is 18.1. The van der Waals surface area contributed by atoms with Crippen molar-refractivity contribution < 1.29 is 13.9 Å². The van der Waals surface area contributed by atoms with Crippen molar-refractivity contribution in [3.05, 3.63) is 65.6 Å². The topological polar surface area (TPSA) is 63.5 Å². The maximum atomic E-state index is 12.3. The van der Waals surface area contributed by atoms with Crippen molar-refractivity contribution in [3.8, 4) is 5.75 Å². The number of carbonyl (C=O) groups excluding carboxylic acids is 1. The smallest absolute Gasteiger partial charge is 0.287 e. The molecule has 0 radical (unpaired) electrons. The molecule has 0 fully saturated rings. The number of rotatable bonds is 6. The van der Waals surface area contributed by atoms with Crippen LogP contribution in [0.15, 0.2) is 58.7 Å².